The van der Waals surface area contributed by atoms with Gasteiger partial charge in [0.25, 0.3) is 5.91 Å². The zero-order chi connectivity index (χ0) is 25.0. The van der Waals surface area contributed by atoms with Gasteiger partial charge in [0.2, 0.25) is 0 Å². The van der Waals surface area contributed by atoms with Crippen molar-refractivity contribution >= 4 is 18.0 Å². The Morgan fingerprint density at radius 2 is 1.46 bits per heavy atom. The smallest absolute Gasteiger partial charge is 0.407 e. The predicted molar refractivity (Wildman–Crippen MR) is 132 cm³/mol. The van der Waals surface area contributed by atoms with Gasteiger partial charge in [-0.05, 0) is 53.8 Å². The summed E-state index contributed by atoms with van der Waals surface area (Å²) in [6, 6.07) is 23.1. The molecule has 35 heavy (non-hydrogen) atoms. The number of hydrogen-bond acceptors (Lipinski definition) is 4. The average Bonchev–Trinajstić information content (AvgIpc) is 3.14. The number of ether oxygens (including phenoxy) is 1. The number of aliphatic carboxylic acids is 1. The first-order chi connectivity index (χ1) is 16.7. The maximum Gasteiger partial charge on any atom is 0.407 e. The fourth-order valence-electron chi connectivity index (χ4n) is 4.40. The highest BCUT2D eigenvalue weighted by atomic mass is 16.5. The maximum absolute atomic E-state index is 12.4. The molecule has 1 aliphatic rings. The van der Waals surface area contributed by atoms with E-state index in [9.17, 15) is 14.4 Å². The fourth-order valence-corrected chi connectivity index (χ4v) is 4.40. The van der Waals surface area contributed by atoms with Crippen LogP contribution < -0.4 is 10.6 Å². The lowest BCUT2D eigenvalue weighted by atomic mass is 9.98. The van der Waals surface area contributed by atoms with Crippen molar-refractivity contribution in [2.24, 2.45) is 0 Å². The molecule has 7 nitrogen and oxygen atoms in total. The largest absolute Gasteiger partial charge is 0.481 e. The molecule has 0 atom stereocenters. The van der Waals surface area contributed by atoms with Gasteiger partial charge >= 0.3 is 12.1 Å². The molecule has 4 rings (SSSR count). The molecule has 3 aromatic rings. The van der Waals surface area contributed by atoms with E-state index in [4.69, 9.17) is 9.84 Å². The lowest BCUT2D eigenvalue weighted by Gasteiger charge is -2.24. The normalized spacial score (nSPS) is 12.4. The third kappa shape index (κ3) is 5.69. The first kappa shape index (κ1) is 24.0. The van der Waals surface area contributed by atoms with Crippen molar-refractivity contribution in [1.29, 1.82) is 0 Å². The van der Waals surface area contributed by atoms with Gasteiger partial charge in [0.15, 0.2) is 0 Å². The molecule has 0 aromatic heterocycles. The van der Waals surface area contributed by atoms with E-state index >= 15 is 0 Å². The van der Waals surface area contributed by atoms with E-state index in [0.717, 1.165) is 16.7 Å². The maximum atomic E-state index is 12.4. The summed E-state index contributed by atoms with van der Waals surface area (Å²) in [7, 11) is 0. The molecule has 2 amide bonds. The Morgan fingerprint density at radius 3 is 2.03 bits per heavy atom. The zero-order valence-electron chi connectivity index (χ0n) is 19.7. The molecule has 3 N–H and O–H groups in total. The summed E-state index contributed by atoms with van der Waals surface area (Å²) in [6.07, 6.45) is -0.690. The van der Waals surface area contributed by atoms with Gasteiger partial charge in [-0.15, -0.1) is 0 Å². The van der Waals surface area contributed by atoms with Crippen LogP contribution in [0.15, 0.2) is 72.8 Å². The highest BCUT2D eigenvalue weighted by Gasteiger charge is 2.29. The third-order valence-corrected chi connectivity index (χ3v) is 6.04. The lowest BCUT2D eigenvalue weighted by molar-refractivity contribution is -0.138. The number of carbonyl (C=O) groups is 3. The Kier molecular flexibility index (Phi) is 6.87. The molecule has 0 unspecified atom stereocenters. The van der Waals surface area contributed by atoms with Crippen molar-refractivity contribution in [2.75, 3.05) is 6.61 Å². The predicted octanol–water partition coefficient (Wildman–Crippen LogP) is 4.71. The standard InChI is InChI=1S/C28H28N2O5/c1-28(2,15-25(31)32)30-26(33)19-13-11-18(12-14-19)16-29-27(34)35-17-24-22-9-5-3-7-20(22)21-8-4-6-10-23(21)24/h3-14,24H,15-17H2,1-2H3,(H,29,34)(H,30,33)(H,31,32). The Balaban J connectivity index is 1.30. The Hall–Kier alpha value is -4.13. The van der Waals surface area contributed by atoms with Crippen LogP contribution in [-0.2, 0) is 16.1 Å². The van der Waals surface area contributed by atoms with E-state index in [-0.39, 0.29) is 31.4 Å². The van der Waals surface area contributed by atoms with Gasteiger partial charge in [0, 0.05) is 23.6 Å². The second kappa shape index (κ2) is 10.0. The lowest BCUT2D eigenvalue weighted by Crippen LogP contribution is -2.44. The van der Waals surface area contributed by atoms with Crippen molar-refractivity contribution in [3.63, 3.8) is 0 Å². The van der Waals surface area contributed by atoms with E-state index < -0.39 is 17.6 Å². The van der Waals surface area contributed by atoms with Crippen molar-refractivity contribution < 1.29 is 24.2 Å². The van der Waals surface area contributed by atoms with Crippen LogP contribution in [-0.4, -0.2) is 35.2 Å². The topological polar surface area (TPSA) is 105 Å². The third-order valence-electron chi connectivity index (χ3n) is 6.04. The van der Waals surface area contributed by atoms with E-state index in [0.29, 0.717) is 5.56 Å². The number of alkyl carbamates (subject to hydrolysis) is 1. The average molecular weight is 473 g/mol. The van der Waals surface area contributed by atoms with Crippen LogP contribution in [0, 0.1) is 0 Å². The van der Waals surface area contributed by atoms with Gasteiger partial charge in [0.05, 0.1) is 6.42 Å². The number of amides is 2. The molecule has 0 aliphatic heterocycles. The number of nitrogens with one attached hydrogen (secondary N) is 2. The highest BCUT2D eigenvalue weighted by Crippen LogP contribution is 2.44. The van der Waals surface area contributed by atoms with E-state index in [1.165, 1.54) is 11.1 Å². The summed E-state index contributed by atoms with van der Waals surface area (Å²) in [5, 5.41) is 14.4. The Bertz CT molecular complexity index is 1200. The van der Waals surface area contributed by atoms with Gasteiger partial charge in [-0.3, -0.25) is 9.59 Å². The zero-order valence-corrected chi connectivity index (χ0v) is 19.7. The van der Waals surface area contributed by atoms with Crippen molar-refractivity contribution in [1.82, 2.24) is 10.6 Å². The summed E-state index contributed by atoms with van der Waals surface area (Å²) in [4.78, 5) is 35.7. The minimum Gasteiger partial charge on any atom is -0.481 e. The minimum absolute atomic E-state index is 0.00340. The fraction of sp³-hybridized carbons (Fsp3) is 0.250. The van der Waals surface area contributed by atoms with Gasteiger partial charge in [0.1, 0.15) is 6.61 Å². The van der Waals surface area contributed by atoms with E-state index in [2.05, 4.69) is 34.9 Å². The molecule has 0 spiro atoms. The summed E-state index contributed by atoms with van der Waals surface area (Å²) in [5.41, 5.74) is 5.00. The number of carboxylic acid groups (broad SMARTS) is 1. The van der Waals surface area contributed by atoms with Crippen LogP contribution in [0.5, 0.6) is 0 Å². The molecule has 1 aliphatic carbocycles. The number of fused-ring (bicyclic) bond motifs is 3. The molecular formula is C28H28N2O5. The van der Waals surface area contributed by atoms with Crippen molar-refractivity contribution in [3.8, 4) is 11.1 Å². The molecule has 3 aromatic carbocycles. The van der Waals surface area contributed by atoms with Gasteiger partial charge in [-0.1, -0.05) is 60.7 Å². The summed E-state index contributed by atoms with van der Waals surface area (Å²) in [6.45, 7) is 3.81. The molecule has 0 saturated carbocycles. The minimum atomic E-state index is -0.982. The number of rotatable bonds is 8. The van der Waals surface area contributed by atoms with Crippen LogP contribution in [0.1, 0.15) is 53.2 Å². The second-order valence-electron chi connectivity index (χ2n) is 9.28. The number of carboxylic acids is 1. The Morgan fingerprint density at radius 1 is 0.886 bits per heavy atom. The molecule has 0 saturated heterocycles. The van der Waals surface area contributed by atoms with Gasteiger partial charge in [-0.2, -0.15) is 0 Å². The number of carbonyl (C=O) groups excluding carboxylic acids is 2. The first-order valence-corrected chi connectivity index (χ1v) is 11.5. The molecule has 0 fully saturated rings. The first-order valence-electron chi connectivity index (χ1n) is 11.5. The van der Waals surface area contributed by atoms with Crippen LogP contribution in [0.2, 0.25) is 0 Å². The highest BCUT2D eigenvalue weighted by molar-refractivity contribution is 5.95. The molecule has 0 bridgehead atoms. The SMILES string of the molecule is CC(C)(CC(=O)O)NC(=O)c1ccc(CNC(=O)OCC2c3ccccc3-c3ccccc32)cc1. The van der Waals surface area contributed by atoms with Gasteiger partial charge in [-0.25, -0.2) is 4.79 Å². The molecule has 180 valence electrons. The van der Waals surface area contributed by atoms with Gasteiger partial charge < -0.3 is 20.5 Å². The van der Waals surface area contributed by atoms with Crippen LogP contribution >= 0.6 is 0 Å². The second-order valence-corrected chi connectivity index (χ2v) is 9.28. The number of benzene rings is 3. The van der Waals surface area contributed by atoms with Crippen molar-refractivity contribution in [3.05, 3.63) is 95.1 Å². The molecule has 0 heterocycles. The molecule has 7 heteroatoms. The van der Waals surface area contributed by atoms with E-state index in [1.807, 2.05) is 24.3 Å². The molecular weight excluding hydrogens is 444 g/mol. The summed E-state index contributed by atoms with van der Waals surface area (Å²) in [5.74, 6) is -1.34. The quantitative estimate of drug-likeness (QED) is 0.440. The monoisotopic (exact) mass is 472 g/mol. The van der Waals surface area contributed by atoms with Crippen LogP contribution in [0.4, 0.5) is 4.79 Å². The Labute approximate surface area is 204 Å². The van der Waals surface area contributed by atoms with Crippen molar-refractivity contribution in [2.45, 2.75) is 38.3 Å². The number of hydrogen-bond donors (Lipinski definition) is 3. The van der Waals surface area contributed by atoms with E-state index in [1.54, 1.807) is 38.1 Å². The van der Waals surface area contributed by atoms with Crippen LogP contribution in [0.25, 0.3) is 11.1 Å². The summed E-state index contributed by atoms with van der Waals surface area (Å²) >= 11 is 0. The molecule has 0 radical (unpaired) electrons. The van der Waals surface area contributed by atoms with Crippen LogP contribution in [0.3, 0.4) is 0 Å². The summed E-state index contributed by atoms with van der Waals surface area (Å²) < 4.78 is 5.55.